The molecule has 1 unspecified atom stereocenters. The first-order chi connectivity index (χ1) is 13.3. The second-order valence-corrected chi connectivity index (χ2v) is 8.91. The smallest absolute Gasteiger partial charge is 0.263 e. The Kier molecular flexibility index (Phi) is 6.00. The number of hydrogen-bond acceptors (Lipinski definition) is 6. The van der Waals surface area contributed by atoms with E-state index in [1.807, 2.05) is 17.8 Å². The average Bonchev–Trinajstić information content (AvgIpc) is 3.07. The summed E-state index contributed by atoms with van der Waals surface area (Å²) in [6, 6.07) is 10.9. The van der Waals surface area contributed by atoms with Crippen molar-refractivity contribution in [1.82, 2.24) is 14.5 Å². The number of pyridine rings is 1. The van der Waals surface area contributed by atoms with Crippen molar-refractivity contribution in [3.8, 4) is 0 Å². The highest BCUT2D eigenvalue weighted by Gasteiger charge is 2.18. The summed E-state index contributed by atoms with van der Waals surface area (Å²) in [7, 11) is -1.90. The van der Waals surface area contributed by atoms with Gasteiger partial charge in [0.1, 0.15) is 5.82 Å². The van der Waals surface area contributed by atoms with Crippen LogP contribution in [0.2, 0.25) is 0 Å². The lowest BCUT2D eigenvalue weighted by Crippen LogP contribution is -2.23. The van der Waals surface area contributed by atoms with Gasteiger partial charge in [0.25, 0.3) is 10.0 Å². The molecule has 0 aliphatic carbocycles. The molecule has 0 spiro atoms. The Hall–Kier alpha value is -2.85. The molecule has 3 rings (SSSR count). The monoisotopic (exact) mass is 417 g/mol. The van der Waals surface area contributed by atoms with Gasteiger partial charge >= 0.3 is 0 Å². The first-order valence-corrected chi connectivity index (χ1v) is 10.7. The minimum absolute atomic E-state index is 0.0755. The molecule has 0 bridgehead atoms. The molecule has 28 heavy (non-hydrogen) atoms. The van der Waals surface area contributed by atoms with E-state index in [1.165, 1.54) is 30.1 Å². The minimum Gasteiger partial charge on any atom is -0.329 e. The van der Waals surface area contributed by atoms with Crippen LogP contribution in [0.15, 0.2) is 71.1 Å². The molecule has 2 aromatic heterocycles. The van der Waals surface area contributed by atoms with Gasteiger partial charge in [0, 0.05) is 31.3 Å². The van der Waals surface area contributed by atoms with Crippen LogP contribution in [0.5, 0.6) is 0 Å². The number of nitrogens with one attached hydrogen (secondary N) is 2. The van der Waals surface area contributed by atoms with Crippen LogP contribution in [0, 0.1) is 0 Å². The van der Waals surface area contributed by atoms with Crippen LogP contribution in [0.3, 0.4) is 0 Å². The Balaban J connectivity index is 1.63. The number of hydrogen-bond donors (Lipinski definition) is 2. The van der Waals surface area contributed by atoms with E-state index in [4.69, 9.17) is 0 Å². The molecule has 146 valence electrons. The summed E-state index contributed by atoms with van der Waals surface area (Å²) in [4.78, 5) is 20.6. The van der Waals surface area contributed by atoms with E-state index in [9.17, 15) is 13.2 Å². The van der Waals surface area contributed by atoms with Crippen LogP contribution in [-0.2, 0) is 21.9 Å². The summed E-state index contributed by atoms with van der Waals surface area (Å²) in [6.07, 6.45) is 4.98. The van der Waals surface area contributed by atoms with E-state index in [1.54, 1.807) is 43.5 Å². The number of aromatic nitrogens is 3. The Morgan fingerprint density at radius 1 is 1.11 bits per heavy atom. The van der Waals surface area contributed by atoms with Gasteiger partial charge in [-0.2, -0.15) is 0 Å². The highest BCUT2D eigenvalue weighted by molar-refractivity contribution is 8.00. The largest absolute Gasteiger partial charge is 0.329 e. The molecule has 1 atom stereocenters. The van der Waals surface area contributed by atoms with E-state index in [0.717, 1.165) is 5.16 Å². The molecule has 8 nitrogen and oxygen atoms in total. The fraction of sp³-hybridized carbons (Fsp3) is 0.167. The van der Waals surface area contributed by atoms with Crippen molar-refractivity contribution in [3.05, 3.63) is 61.1 Å². The third-order valence-electron chi connectivity index (χ3n) is 3.76. The number of aryl methyl sites for hydroxylation is 1. The molecular weight excluding hydrogens is 398 g/mol. The predicted octanol–water partition coefficient (Wildman–Crippen LogP) is 2.74. The molecular formula is C18H19N5O3S2. The summed E-state index contributed by atoms with van der Waals surface area (Å²) in [5.41, 5.74) is 0.508. The number of anilines is 2. The van der Waals surface area contributed by atoms with Gasteiger partial charge in [-0.05, 0) is 43.3 Å². The SMILES string of the molecule is CC(Sc1nccn1C)C(=O)Nc1ccc(S(=O)(=O)Nc2ccccn2)cc1. The minimum atomic E-state index is -3.75. The Morgan fingerprint density at radius 3 is 2.46 bits per heavy atom. The first-order valence-electron chi connectivity index (χ1n) is 8.34. The van der Waals surface area contributed by atoms with Crippen molar-refractivity contribution in [2.45, 2.75) is 22.2 Å². The third kappa shape index (κ3) is 4.90. The summed E-state index contributed by atoms with van der Waals surface area (Å²) in [6.45, 7) is 1.78. The van der Waals surface area contributed by atoms with Gasteiger partial charge in [-0.1, -0.05) is 17.8 Å². The summed E-state index contributed by atoms with van der Waals surface area (Å²) >= 11 is 1.34. The standard InChI is InChI=1S/C18H19N5O3S2/c1-13(27-18-20-11-12-23(18)2)17(24)21-14-6-8-15(9-7-14)28(25,26)22-16-5-3-4-10-19-16/h3-13H,1-2H3,(H,19,22)(H,21,24). The van der Waals surface area contributed by atoms with Crippen LogP contribution in [0.4, 0.5) is 11.5 Å². The van der Waals surface area contributed by atoms with Crippen LogP contribution in [0.1, 0.15) is 6.92 Å². The van der Waals surface area contributed by atoms with Gasteiger partial charge in [0.15, 0.2) is 5.16 Å². The fourth-order valence-electron chi connectivity index (χ4n) is 2.26. The lowest BCUT2D eigenvalue weighted by Gasteiger charge is -2.12. The predicted molar refractivity (Wildman–Crippen MR) is 109 cm³/mol. The number of amides is 1. The van der Waals surface area contributed by atoms with Crippen molar-refractivity contribution in [2.24, 2.45) is 7.05 Å². The third-order valence-corrected chi connectivity index (χ3v) is 6.31. The van der Waals surface area contributed by atoms with E-state index in [-0.39, 0.29) is 21.9 Å². The van der Waals surface area contributed by atoms with Crippen molar-refractivity contribution in [2.75, 3.05) is 10.0 Å². The van der Waals surface area contributed by atoms with Crippen LogP contribution >= 0.6 is 11.8 Å². The molecule has 1 amide bonds. The van der Waals surface area contributed by atoms with Crippen molar-refractivity contribution in [3.63, 3.8) is 0 Å². The van der Waals surface area contributed by atoms with Gasteiger partial charge in [-0.3, -0.25) is 9.52 Å². The topological polar surface area (TPSA) is 106 Å². The molecule has 3 aromatic rings. The van der Waals surface area contributed by atoms with E-state index in [0.29, 0.717) is 5.69 Å². The van der Waals surface area contributed by atoms with Crippen LogP contribution in [-0.4, -0.2) is 34.1 Å². The number of thioether (sulfide) groups is 1. The lowest BCUT2D eigenvalue weighted by molar-refractivity contribution is -0.115. The summed E-state index contributed by atoms with van der Waals surface area (Å²) in [5.74, 6) is 0.0373. The molecule has 2 N–H and O–H groups in total. The summed E-state index contributed by atoms with van der Waals surface area (Å²) in [5, 5.41) is 3.15. The van der Waals surface area contributed by atoms with E-state index >= 15 is 0 Å². The molecule has 0 radical (unpaired) electrons. The van der Waals surface area contributed by atoms with E-state index in [2.05, 4.69) is 20.0 Å². The Morgan fingerprint density at radius 2 is 1.86 bits per heavy atom. The Bertz CT molecular complexity index is 1050. The molecule has 1 aromatic carbocycles. The van der Waals surface area contributed by atoms with Gasteiger partial charge in [-0.15, -0.1) is 0 Å². The second-order valence-electron chi connectivity index (χ2n) is 5.91. The highest BCUT2D eigenvalue weighted by atomic mass is 32.2. The van der Waals surface area contributed by atoms with Gasteiger partial charge in [0.05, 0.1) is 10.1 Å². The van der Waals surface area contributed by atoms with Crippen LogP contribution in [0.25, 0.3) is 0 Å². The molecule has 2 heterocycles. The number of sulfonamides is 1. The number of carbonyl (C=O) groups excluding carboxylic acids is 1. The number of carbonyl (C=O) groups is 1. The fourth-order valence-corrected chi connectivity index (χ4v) is 4.10. The zero-order chi connectivity index (χ0) is 20.1. The first kappa shape index (κ1) is 19.9. The lowest BCUT2D eigenvalue weighted by atomic mass is 10.3. The van der Waals surface area contributed by atoms with Crippen molar-refractivity contribution >= 4 is 39.2 Å². The number of benzene rings is 1. The van der Waals surface area contributed by atoms with Gasteiger partial charge in [0.2, 0.25) is 5.91 Å². The zero-order valence-electron chi connectivity index (χ0n) is 15.2. The maximum absolute atomic E-state index is 12.4. The summed E-state index contributed by atoms with van der Waals surface area (Å²) < 4.78 is 29.0. The Labute approximate surface area is 167 Å². The molecule has 0 saturated carbocycles. The molecule has 10 heteroatoms. The second kappa shape index (κ2) is 8.44. The zero-order valence-corrected chi connectivity index (χ0v) is 16.9. The van der Waals surface area contributed by atoms with Crippen molar-refractivity contribution < 1.29 is 13.2 Å². The average molecular weight is 418 g/mol. The maximum Gasteiger partial charge on any atom is 0.263 e. The molecule has 0 aliphatic heterocycles. The van der Waals surface area contributed by atoms with Gasteiger partial charge in [-0.25, -0.2) is 18.4 Å². The number of nitrogens with zero attached hydrogens (tertiary/aromatic N) is 3. The van der Waals surface area contributed by atoms with Gasteiger partial charge < -0.3 is 9.88 Å². The highest BCUT2D eigenvalue weighted by Crippen LogP contribution is 2.23. The van der Waals surface area contributed by atoms with Crippen LogP contribution < -0.4 is 10.0 Å². The molecule has 0 saturated heterocycles. The number of imidazole rings is 1. The molecule has 0 aliphatic rings. The number of rotatable bonds is 7. The maximum atomic E-state index is 12.4. The normalized spacial score (nSPS) is 12.4. The van der Waals surface area contributed by atoms with E-state index < -0.39 is 10.0 Å². The molecule has 0 fully saturated rings. The van der Waals surface area contributed by atoms with Crippen molar-refractivity contribution in [1.29, 1.82) is 0 Å². The quantitative estimate of drug-likeness (QED) is 0.573.